The van der Waals surface area contributed by atoms with Gasteiger partial charge in [-0.15, -0.1) is 0 Å². The van der Waals surface area contributed by atoms with Gasteiger partial charge in [-0.2, -0.15) is 0 Å². The predicted molar refractivity (Wildman–Crippen MR) is 82.1 cm³/mol. The molecule has 0 spiro atoms. The highest BCUT2D eigenvalue weighted by Crippen LogP contribution is 2.26. The highest BCUT2D eigenvalue weighted by molar-refractivity contribution is 5.87. The molecule has 0 aliphatic rings. The summed E-state index contributed by atoms with van der Waals surface area (Å²) in [5, 5.41) is 14.2. The standard InChI is InChI=1S/C15H20N2O4/c1-11(2)8-9-16-13-6-4-12(5-7-15(18)21-3)10-14(13)17(19)20/h4-7,10-11,16H,8-9H2,1-3H3/b7-5+. The van der Waals surface area contributed by atoms with E-state index in [1.165, 1.54) is 25.3 Å². The van der Waals surface area contributed by atoms with Crippen LogP contribution in [0.5, 0.6) is 0 Å². The van der Waals surface area contributed by atoms with E-state index in [-0.39, 0.29) is 5.69 Å². The molecular weight excluding hydrogens is 272 g/mol. The minimum absolute atomic E-state index is 0.00854. The summed E-state index contributed by atoms with van der Waals surface area (Å²) in [6.45, 7) is 4.86. The van der Waals surface area contributed by atoms with E-state index >= 15 is 0 Å². The van der Waals surface area contributed by atoms with Gasteiger partial charge in [-0.1, -0.05) is 19.9 Å². The number of carbonyl (C=O) groups is 1. The van der Waals surface area contributed by atoms with Gasteiger partial charge in [-0.3, -0.25) is 10.1 Å². The van der Waals surface area contributed by atoms with E-state index in [0.29, 0.717) is 23.7 Å². The third-order valence-corrected chi connectivity index (χ3v) is 2.87. The number of nitro groups is 1. The van der Waals surface area contributed by atoms with Crippen LogP contribution in [0.25, 0.3) is 6.08 Å². The molecule has 1 aromatic carbocycles. The quantitative estimate of drug-likeness (QED) is 0.361. The molecule has 0 saturated carbocycles. The molecule has 0 atom stereocenters. The Morgan fingerprint density at radius 1 is 1.48 bits per heavy atom. The SMILES string of the molecule is COC(=O)/C=C/c1ccc(NCCC(C)C)c([N+](=O)[O-])c1. The van der Waals surface area contributed by atoms with E-state index in [1.54, 1.807) is 12.1 Å². The molecule has 1 rings (SSSR count). The van der Waals surface area contributed by atoms with E-state index in [2.05, 4.69) is 23.9 Å². The minimum Gasteiger partial charge on any atom is -0.466 e. The van der Waals surface area contributed by atoms with Crippen molar-refractivity contribution >= 4 is 23.4 Å². The lowest BCUT2D eigenvalue weighted by Gasteiger charge is -2.09. The molecule has 0 aliphatic heterocycles. The van der Waals surface area contributed by atoms with Gasteiger partial charge in [-0.25, -0.2) is 4.79 Å². The van der Waals surface area contributed by atoms with Crippen LogP contribution in [0.15, 0.2) is 24.3 Å². The number of ether oxygens (including phenoxy) is 1. The van der Waals surface area contributed by atoms with Gasteiger partial charge < -0.3 is 10.1 Å². The summed E-state index contributed by atoms with van der Waals surface area (Å²) in [5.41, 5.74) is 1.04. The molecule has 21 heavy (non-hydrogen) atoms. The molecule has 0 radical (unpaired) electrons. The molecule has 0 amide bonds. The summed E-state index contributed by atoms with van der Waals surface area (Å²) in [4.78, 5) is 21.7. The number of rotatable bonds is 7. The number of hydrogen-bond acceptors (Lipinski definition) is 5. The Bertz CT molecular complexity index is 538. The Hall–Kier alpha value is -2.37. The van der Waals surface area contributed by atoms with E-state index in [9.17, 15) is 14.9 Å². The van der Waals surface area contributed by atoms with Crippen molar-refractivity contribution < 1.29 is 14.5 Å². The van der Waals surface area contributed by atoms with Crippen molar-refractivity contribution in [3.63, 3.8) is 0 Å². The zero-order valence-electron chi connectivity index (χ0n) is 12.5. The van der Waals surface area contributed by atoms with Gasteiger partial charge in [0.25, 0.3) is 5.69 Å². The fourth-order valence-corrected chi connectivity index (χ4v) is 1.68. The molecular formula is C15H20N2O4. The van der Waals surface area contributed by atoms with Gasteiger partial charge >= 0.3 is 5.97 Å². The number of hydrogen-bond donors (Lipinski definition) is 1. The predicted octanol–water partition coefficient (Wildman–Crippen LogP) is 3.24. The molecule has 0 bridgehead atoms. The number of anilines is 1. The second-order valence-corrected chi connectivity index (χ2v) is 5.00. The van der Waals surface area contributed by atoms with Crippen molar-refractivity contribution in [2.45, 2.75) is 20.3 Å². The Morgan fingerprint density at radius 3 is 2.76 bits per heavy atom. The topological polar surface area (TPSA) is 81.5 Å². The van der Waals surface area contributed by atoms with Gasteiger partial charge in [0.15, 0.2) is 0 Å². The smallest absolute Gasteiger partial charge is 0.330 e. The number of nitrogens with one attached hydrogen (secondary N) is 1. The first-order valence-corrected chi connectivity index (χ1v) is 6.72. The second kappa shape index (κ2) is 8.04. The summed E-state index contributed by atoms with van der Waals surface area (Å²) >= 11 is 0. The number of methoxy groups -OCH3 is 1. The zero-order chi connectivity index (χ0) is 15.8. The first-order chi connectivity index (χ1) is 9.93. The normalized spacial score (nSPS) is 10.9. The van der Waals surface area contributed by atoms with E-state index in [0.717, 1.165) is 6.42 Å². The molecule has 1 aromatic rings. The fraction of sp³-hybridized carbons (Fsp3) is 0.400. The first-order valence-electron chi connectivity index (χ1n) is 6.72. The molecule has 0 aliphatic carbocycles. The number of carbonyl (C=O) groups excluding carboxylic acids is 1. The fourth-order valence-electron chi connectivity index (χ4n) is 1.68. The van der Waals surface area contributed by atoms with Crippen molar-refractivity contribution in [2.24, 2.45) is 5.92 Å². The van der Waals surface area contributed by atoms with Crippen LogP contribution in [0, 0.1) is 16.0 Å². The van der Waals surface area contributed by atoms with Crippen molar-refractivity contribution in [1.82, 2.24) is 0 Å². The molecule has 0 heterocycles. The molecule has 0 unspecified atom stereocenters. The highest BCUT2D eigenvalue weighted by Gasteiger charge is 2.13. The summed E-state index contributed by atoms with van der Waals surface area (Å²) in [6, 6.07) is 4.79. The molecule has 0 fully saturated rings. The molecule has 6 nitrogen and oxygen atoms in total. The number of nitrogens with zero attached hydrogens (tertiary/aromatic N) is 1. The van der Waals surface area contributed by atoms with Crippen LogP contribution in [-0.2, 0) is 9.53 Å². The van der Waals surface area contributed by atoms with Crippen molar-refractivity contribution in [2.75, 3.05) is 19.0 Å². The molecule has 114 valence electrons. The third kappa shape index (κ3) is 5.64. The van der Waals surface area contributed by atoms with E-state index in [1.807, 2.05) is 0 Å². The highest BCUT2D eigenvalue weighted by atomic mass is 16.6. The Labute approximate surface area is 124 Å². The van der Waals surface area contributed by atoms with E-state index < -0.39 is 10.9 Å². The average molecular weight is 292 g/mol. The lowest BCUT2D eigenvalue weighted by atomic mass is 10.1. The zero-order valence-corrected chi connectivity index (χ0v) is 12.5. The van der Waals surface area contributed by atoms with Crippen LogP contribution in [-0.4, -0.2) is 24.5 Å². The molecule has 1 N–H and O–H groups in total. The molecule has 0 saturated heterocycles. The van der Waals surface area contributed by atoms with Crippen LogP contribution in [0.4, 0.5) is 11.4 Å². The van der Waals surface area contributed by atoms with Gasteiger partial charge in [0.2, 0.25) is 0 Å². The largest absolute Gasteiger partial charge is 0.466 e. The first kappa shape index (κ1) is 16.7. The van der Waals surface area contributed by atoms with Crippen LogP contribution in [0.3, 0.4) is 0 Å². The maximum Gasteiger partial charge on any atom is 0.330 e. The summed E-state index contributed by atoms with van der Waals surface area (Å²) in [5.74, 6) is 0.0237. The Morgan fingerprint density at radius 2 is 2.19 bits per heavy atom. The van der Waals surface area contributed by atoms with Crippen molar-refractivity contribution in [1.29, 1.82) is 0 Å². The van der Waals surface area contributed by atoms with Gasteiger partial charge in [-0.05, 0) is 30.0 Å². The maximum absolute atomic E-state index is 11.1. The Kier molecular flexibility index (Phi) is 6.39. The average Bonchev–Trinajstić information content (AvgIpc) is 2.44. The summed E-state index contributed by atoms with van der Waals surface area (Å²) < 4.78 is 4.48. The summed E-state index contributed by atoms with van der Waals surface area (Å²) in [6.07, 6.45) is 3.64. The van der Waals surface area contributed by atoms with Crippen LogP contribution in [0.1, 0.15) is 25.8 Å². The number of benzene rings is 1. The van der Waals surface area contributed by atoms with Gasteiger partial charge in [0.1, 0.15) is 5.69 Å². The van der Waals surface area contributed by atoms with Crippen LogP contribution >= 0.6 is 0 Å². The number of esters is 1. The van der Waals surface area contributed by atoms with Gasteiger partial charge in [0, 0.05) is 18.7 Å². The van der Waals surface area contributed by atoms with Crippen molar-refractivity contribution in [3.8, 4) is 0 Å². The van der Waals surface area contributed by atoms with Crippen LogP contribution < -0.4 is 5.32 Å². The lowest BCUT2D eigenvalue weighted by Crippen LogP contribution is -2.06. The van der Waals surface area contributed by atoms with Crippen molar-refractivity contribution in [3.05, 3.63) is 40.0 Å². The van der Waals surface area contributed by atoms with Gasteiger partial charge in [0.05, 0.1) is 12.0 Å². The monoisotopic (exact) mass is 292 g/mol. The lowest BCUT2D eigenvalue weighted by molar-refractivity contribution is -0.384. The molecule has 0 aromatic heterocycles. The summed E-state index contributed by atoms with van der Waals surface area (Å²) in [7, 11) is 1.27. The second-order valence-electron chi connectivity index (χ2n) is 5.00. The van der Waals surface area contributed by atoms with E-state index in [4.69, 9.17) is 0 Å². The van der Waals surface area contributed by atoms with Crippen LogP contribution in [0.2, 0.25) is 0 Å². The molecule has 6 heteroatoms. The minimum atomic E-state index is -0.503. The maximum atomic E-state index is 11.1. The Balaban J connectivity index is 2.89. The third-order valence-electron chi connectivity index (χ3n) is 2.87. The number of nitro benzene ring substituents is 1.